The number of benzene rings is 3. The molecule has 1 aliphatic heterocycles. The summed E-state index contributed by atoms with van der Waals surface area (Å²) in [7, 11) is 1.48. The van der Waals surface area contributed by atoms with Gasteiger partial charge in [0, 0.05) is 17.2 Å². The van der Waals surface area contributed by atoms with Crippen molar-refractivity contribution in [2.45, 2.75) is 6.18 Å². The van der Waals surface area contributed by atoms with Gasteiger partial charge in [-0.3, -0.25) is 25.1 Å². The molecule has 9 nitrogen and oxygen atoms in total. The fraction of sp³-hybridized carbons (Fsp3) is 0.0800. The van der Waals surface area contributed by atoms with E-state index in [0.29, 0.717) is 17.9 Å². The average molecular weight is 576 g/mol. The number of ether oxygens (including phenoxy) is 2. The molecule has 1 fully saturated rings. The minimum absolute atomic E-state index is 0.0351. The van der Waals surface area contributed by atoms with Gasteiger partial charge in [-0.2, -0.15) is 18.2 Å². The largest absolute Gasteiger partial charge is 0.497 e. The summed E-state index contributed by atoms with van der Waals surface area (Å²) in [5.41, 5.74) is 0.903. The number of thioether (sulfide) groups is 1. The Kier molecular flexibility index (Phi) is 7.88. The van der Waals surface area contributed by atoms with E-state index in [1.807, 2.05) is 0 Å². The van der Waals surface area contributed by atoms with E-state index < -0.39 is 39.9 Å². The van der Waals surface area contributed by atoms with Crippen LogP contribution in [-0.4, -0.2) is 33.2 Å². The van der Waals surface area contributed by atoms with Gasteiger partial charge in [0.05, 0.1) is 22.5 Å². The first kappa shape index (κ1) is 27.6. The molecule has 0 saturated carbocycles. The first-order valence-electron chi connectivity index (χ1n) is 10.8. The smallest absolute Gasteiger partial charge is 0.416 e. The number of hydrogen-bond acceptors (Lipinski definition) is 8. The number of hydrogen-bond donors (Lipinski definition) is 1. The van der Waals surface area contributed by atoms with E-state index in [1.165, 1.54) is 37.5 Å². The zero-order chi connectivity index (χ0) is 28.3. The van der Waals surface area contributed by atoms with Gasteiger partial charge >= 0.3 is 11.9 Å². The molecule has 0 bridgehead atoms. The minimum atomic E-state index is -4.78. The second-order valence-electron chi connectivity index (χ2n) is 7.76. The molecule has 3 aromatic carbocycles. The number of halogens is 3. The molecule has 1 aliphatic rings. The molecule has 1 saturated heterocycles. The molecule has 1 N–H and O–H groups in total. The number of nitro groups is 1. The normalized spacial score (nSPS) is 14.5. The fourth-order valence-corrected chi connectivity index (χ4v) is 4.52. The van der Waals surface area contributed by atoms with Gasteiger partial charge < -0.3 is 9.47 Å². The van der Waals surface area contributed by atoms with Gasteiger partial charge in [0.2, 0.25) is 5.75 Å². The van der Waals surface area contributed by atoms with Crippen molar-refractivity contribution >= 4 is 51.9 Å². The van der Waals surface area contributed by atoms with Crippen LogP contribution in [0.4, 0.5) is 18.9 Å². The second kappa shape index (κ2) is 11.1. The topological polar surface area (TPSA) is 111 Å². The molecule has 14 heteroatoms. The number of carbonyl (C=O) groups is 2. The molecule has 200 valence electrons. The summed E-state index contributed by atoms with van der Waals surface area (Å²) in [5, 5.41) is 12.3. The summed E-state index contributed by atoms with van der Waals surface area (Å²) in [6, 6.07) is 14.2. The van der Waals surface area contributed by atoms with Gasteiger partial charge in [-0.15, -0.1) is 0 Å². The Balaban J connectivity index is 1.57. The molecule has 0 atom stereocenters. The molecule has 0 spiro atoms. The predicted octanol–water partition coefficient (Wildman–Crippen LogP) is 5.96. The number of thiocarbonyl (C=S) groups is 1. The zero-order valence-corrected chi connectivity index (χ0v) is 21.4. The number of nitrogens with zero attached hydrogens (tertiary/aromatic N) is 2. The van der Waals surface area contributed by atoms with Crippen molar-refractivity contribution in [1.82, 2.24) is 10.4 Å². The van der Waals surface area contributed by atoms with Crippen LogP contribution >= 0.6 is 24.0 Å². The van der Waals surface area contributed by atoms with Crippen LogP contribution in [0.25, 0.3) is 6.08 Å². The Morgan fingerprint density at radius 1 is 1.10 bits per heavy atom. The standard InChI is InChI=1S/C25H16F3N3O6S2/c1-36-17-9-6-14(7-10-17)22(32)29-30-23(33)21(39-24(30)38)12-15-4-2-3-5-19(15)37-20-11-8-16(25(26,27)28)13-18(20)31(34)35/h2-13H,1H3,(H,29,32)/b21-12+. The summed E-state index contributed by atoms with van der Waals surface area (Å²) in [5.74, 6) is -1.07. The van der Waals surface area contributed by atoms with Crippen molar-refractivity contribution in [2.24, 2.45) is 0 Å². The summed E-state index contributed by atoms with van der Waals surface area (Å²) in [6.45, 7) is 0. The lowest BCUT2D eigenvalue weighted by Gasteiger charge is -2.15. The SMILES string of the molecule is COc1ccc(C(=O)NN2C(=O)/C(=C\c3ccccc3Oc3ccc(C(F)(F)F)cc3[N+](=O)[O-])SC2=S)cc1. The highest BCUT2D eigenvalue weighted by atomic mass is 32.2. The summed E-state index contributed by atoms with van der Waals surface area (Å²) < 4.78 is 49.8. The van der Waals surface area contributed by atoms with Gasteiger partial charge in [-0.1, -0.05) is 30.0 Å². The maximum Gasteiger partial charge on any atom is 0.416 e. The Morgan fingerprint density at radius 2 is 1.79 bits per heavy atom. The molecule has 3 aromatic rings. The number of alkyl halides is 3. The Bertz CT molecular complexity index is 1510. The lowest BCUT2D eigenvalue weighted by atomic mass is 10.1. The number of nitro benzene ring substituents is 1. The number of nitrogens with one attached hydrogen (secondary N) is 1. The van der Waals surface area contributed by atoms with Gasteiger partial charge in [0.25, 0.3) is 11.8 Å². The van der Waals surface area contributed by atoms with Crippen molar-refractivity contribution in [2.75, 3.05) is 7.11 Å². The van der Waals surface area contributed by atoms with E-state index in [9.17, 15) is 32.9 Å². The van der Waals surface area contributed by atoms with Crippen molar-refractivity contribution in [3.63, 3.8) is 0 Å². The quantitative estimate of drug-likeness (QED) is 0.159. The zero-order valence-electron chi connectivity index (χ0n) is 19.7. The summed E-state index contributed by atoms with van der Waals surface area (Å²) in [4.78, 5) is 36.2. The molecule has 2 amide bonds. The highest BCUT2D eigenvalue weighted by molar-refractivity contribution is 8.26. The molecule has 4 rings (SSSR count). The van der Waals surface area contributed by atoms with Crippen molar-refractivity contribution in [3.05, 3.63) is 98.4 Å². The molecule has 0 unspecified atom stereocenters. The second-order valence-corrected chi connectivity index (χ2v) is 9.44. The minimum Gasteiger partial charge on any atom is -0.497 e. The highest BCUT2D eigenvalue weighted by Gasteiger charge is 2.35. The first-order chi connectivity index (χ1) is 18.5. The number of hydrazine groups is 1. The number of amides is 2. The van der Waals surface area contributed by atoms with E-state index in [0.717, 1.165) is 22.8 Å². The molecule has 0 radical (unpaired) electrons. The number of para-hydroxylation sites is 1. The number of rotatable bonds is 7. The van der Waals surface area contributed by atoms with E-state index in [2.05, 4.69) is 5.43 Å². The maximum absolute atomic E-state index is 13.0. The van der Waals surface area contributed by atoms with Crippen LogP contribution in [0.3, 0.4) is 0 Å². The van der Waals surface area contributed by atoms with E-state index >= 15 is 0 Å². The van der Waals surface area contributed by atoms with Crippen molar-refractivity contribution in [3.8, 4) is 17.2 Å². The van der Waals surface area contributed by atoms with Gasteiger partial charge in [0.1, 0.15) is 11.5 Å². The van der Waals surface area contributed by atoms with Crippen LogP contribution in [0, 0.1) is 10.1 Å². The monoisotopic (exact) mass is 575 g/mol. The van der Waals surface area contributed by atoms with Gasteiger partial charge in [-0.25, -0.2) is 0 Å². The molecule has 0 aliphatic carbocycles. The molecular weight excluding hydrogens is 559 g/mol. The third-order valence-corrected chi connectivity index (χ3v) is 6.57. The lowest BCUT2D eigenvalue weighted by molar-refractivity contribution is -0.385. The van der Waals surface area contributed by atoms with Crippen LogP contribution in [0.2, 0.25) is 0 Å². The molecule has 1 heterocycles. The van der Waals surface area contributed by atoms with E-state index in [-0.39, 0.29) is 26.1 Å². The number of carbonyl (C=O) groups excluding carboxylic acids is 2. The van der Waals surface area contributed by atoms with Crippen molar-refractivity contribution < 1.29 is 37.2 Å². The Morgan fingerprint density at radius 3 is 2.44 bits per heavy atom. The van der Waals surface area contributed by atoms with Gasteiger partial charge in [-0.05, 0) is 60.8 Å². The highest BCUT2D eigenvalue weighted by Crippen LogP contribution is 2.39. The molecule has 0 aromatic heterocycles. The van der Waals surface area contributed by atoms with E-state index in [1.54, 1.807) is 24.3 Å². The van der Waals surface area contributed by atoms with Gasteiger partial charge in [0.15, 0.2) is 4.32 Å². The molecular formula is C25H16F3N3O6S2. The third kappa shape index (κ3) is 6.18. The van der Waals surface area contributed by atoms with Crippen LogP contribution in [0.15, 0.2) is 71.6 Å². The first-order valence-corrected chi connectivity index (χ1v) is 12.1. The summed E-state index contributed by atoms with van der Waals surface area (Å²) >= 11 is 6.13. The van der Waals surface area contributed by atoms with E-state index in [4.69, 9.17) is 21.7 Å². The predicted molar refractivity (Wildman–Crippen MR) is 140 cm³/mol. The lowest BCUT2D eigenvalue weighted by Crippen LogP contribution is -2.44. The van der Waals surface area contributed by atoms with Crippen LogP contribution in [0.5, 0.6) is 17.2 Å². The Hall–Kier alpha value is -4.43. The Labute approximate surface area is 228 Å². The third-order valence-electron chi connectivity index (χ3n) is 5.27. The summed E-state index contributed by atoms with van der Waals surface area (Å²) in [6.07, 6.45) is -3.39. The maximum atomic E-state index is 13.0. The fourth-order valence-electron chi connectivity index (χ4n) is 3.35. The molecule has 39 heavy (non-hydrogen) atoms. The average Bonchev–Trinajstić information content (AvgIpc) is 3.16. The van der Waals surface area contributed by atoms with Crippen molar-refractivity contribution in [1.29, 1.82) is 0 Å². The van der Waals surface area contributed by atoms with Crippen LogP contribution in [0.1, 0.15) is 21.5 Å². The van der Waals surface area contributed by atoms with Crippen LogP contribution in [-0.2, 0) is 11.0 Å². The number of methoxy groups -OCH3 is 1. The van der Waals surface area contributed by atoms with Crippen LogP contribution < -0.4 is 14.9 Å².